The number of aliphatic hydroxyl groups excluding tert-OH is 1. The molecule has 0 saturated heterocycles. The quantitative estimate of drug-likeness (QED) is 0.907. The van der Waals surface area contributed by atoms with Crippen molar-refractivity contribution in [1.29, 1.82) is 5.26 Å². The van der Waals surface area contributed by atoms with E-state index >= 15 is 0 Å². The molecule has 0 amide bonds. The number of nitriles is 1. The van der Waals surface area contributed by atoms with E-state index in [-0.39, 0.29) is 11.4 Å². The minimum atomic E-state index is -0.252. The molecule has 1 fully saturated rings. The van der Waals surface area contributed by atoms with Crippen LogP contribution in [0, 0.1) is 11.3 Å². The van der Waals surface area contributed by atoms with Gasteiger partial charge in [0.05, 0.1) is 11.7 Å². The smallest absolute Gasteiger partial charge is 0.114 e. The van der Waals surface area contributed by atoms with Gasteiger partial charge in [-0.1, -0.05) is 24.6 Å². The zero-order valence-corrected chi connectivity index (χ0v) is 12.5. The Morgan fingerprint density at radius 3 is 2.80 bits per heavy atom. The fourth-order valence-electron chi connectivity index (χ4n) is 3.14. The monoisotopic (exact) mass is 288 g/mol. The third-order valence-electron chi connectivity index (χ3n) is 4.32. The summed E-state index contributed by atoms with van der Waals surface area (Å²) in [5, 5.41) is 20.5. The molecule has 0 aromatic carbocycles. The van der Waals surface area contributed by atoms with Crippen LogP contribution in [0.25, 0.3) is 0 Å². The van der Waals surface area contributed by atoms with E-state index in [9.17, 15) is 10.4 Å². The number of fused-ring (bicyclic) bond motifs is 1. The van der Waals surface area contributed by atoms with E-state index in [0.717, 1.165) is 37.1 Å². The fourth-order valence-corrected chi connectivity index (χ4v) is 4.40. The Bertz CT molecular complexity index is 538. The van der Waals surface area contributed by atoms with Crippen molar-refractivity contribution in [3.8, 4) is 6.07 Å². The predicted molar refractivity (Wildman–Crippen MR) is 79.7 cm³/mol. The van der Waals surface area contributed by atoms with Gasteiger partial charge < -0.3 is 5.11 Å². The molecule has 3 rings (SSSR count). The molecule has 1 N–H and O–H groups in total. The summed E-state index contributed by atoms with van der Waals surface area (Å²) in [7, 11) is 0. The lowest BCUT2D eigenvalue weighted by Crippen LogP contribution is -2.27. The molecule has 1 aromatic rings. The van der Waals surface area contributed by atoms with Crippen LogP contribution >= 0.6 is 11.8 Å². The van der Waals surface area contributed by atoms with Crippen molar-refractivity contribution in [3.05, 3.63) is 22.9 Å². The minimum absolute atomic E-state index is 0.199. The van der Waals surface area contributed by atoms with E-state index in [1.54, 1.807) is 11.8 Å². The first-order valence-corrected chi connectivity index (χ1v) is 8.43. The number of aryl methyl sites for hydroxylation is 2. The standard InChI is InChI=1S/C16H20N2OS/c17-10-12-9-11-5-1-2-6-13(11)18-16(12)20-15-8-4-3-7-14(15)19/h9,14-15,19H,1-8H2/t14-,15+/m1/s1. The Kier molecular flexibility index (Phi) is 4.28. The first kappa shape index (κ1) is 13.9. The van der Waals surface area contributed by atoms with Gasteiger partial charge in [0.15, 0.2) is 0 Å². The molecule has 106 valence electrons. The van der Waals surface area contributed by atoms with Gasteiger partial charge >= 0.3 is 0 Å². The molecule has 0 bridgehead atoms. The average Bonchev–Trinajstić information content (AvgIpc) is 2.49. The van der Waals surface area contributed by atoms with E-state index in [2.05, 4.69) is 6.07 Å². The summed E-state index contributed by atoms with van der Waals surface area (Å²) < 4.78 is 0. The first-order chi connectivity index (χ1) is 9.78. The van der Waals surface area contributed by atoms with E-state index in [4.69, 9.17) is 4.98 Å². The number of thioether (sulfide) groups is 1. The van der Waals surface area contributed by atoms with Gasteiger partial charge in [-0.05, 0) is 50.2 Å². The molecule has 0 spiro atoms. The number of nitrogens with zero attached hydrogens (tertiary/aromatic N) is 2. The molecule has 2 aliphatic rings. The summed E-state index contributed by atoms with van der Waals surface area (Å²) in [4.78, 5) is 4.74. The summed E-state index contributed by atoms with van der Waals surface area (Å²) in [6.45, 7) is 0. The van der Waals surface area contributed by atoms with Crippen molar-refractivity contribution in [3.63, 3.8) is 0 Å². The zero-order chi connectivity index (χ0) is 13.9. The highest BCUT2D eigenvalue weighted by Gasteiger charge is 2.26. The van der Waals surface area contributed by atoms with Crippen LogP contribution in [0.15, 0.2) is 11.1 Å². The summed E-state index contributed by atoms with van der Waals surface area (Å²) in [5.74, 6) is 0. The molecule has 0 radical (unpaired) electrons. The second-order valence-electron chi connectivity index (χ2n) is 5.77. The highest BCUT2D eigenvalue weighted by molar-refractivity contribution is 8.00. The summed E-state index contributed by atoms with van der Waals surface area (Å²) in [6.07, 6.45) is 8.41. The number of rotatable bonds is 2. The van der Waals surface area contributed by atoms with Gasteiger partial charge in [0.2, 0.25) is 0 Å². The second kappa shape index (κ2) is 6.15. The average molecular weight is 288 g/mol. The third kappa shape index (κ3) is 2.84. The molecule has 1 saturated carbocycles. The maximum atomic E-state index is 10.1. The molecule has 0 aliphatic heterocycles. The molecular formula is C16H20N2OS. The van der Waals surface area contributed by atoms with Crippen molar-refractivity contribution in [2.24, 2.45) is 0 Å². The van der Waals surface area contributed by atoms with Crippen molar-refractivity contribution < 1.29 is 5.11 Å². The van der Waals surface area contributed by atoms with Crippen molar-refractivity contribution >= 4 is 11.8 Å². The van der Waals surface area contributed by atoms with Gasteiger partial charge in [0.1, 0.15) is 11.1 Å². The summed E-state index contributed by atoms with van der Waals surface area (Å²) >= 11 is 1.61. The van der Waals surface area contributed by atoms with E-state index in [1.165, 1.54) is 30.5 Å². The molecule has 4 heteroatoms. The van der Waals surface area contributed by atoms with Gasteiger partial charge in [-0.25, -0.2) is 4.98 Å². The largest absolute Gasteiger partial charge is 0.392 e. The SMILES string of the molecule is N#Cc1cc2c(nc1S[C@H]1CCCC[C@H]1O)CCCC2. The highest BCUT2D eigenvalue weighted by atomic mass is 32.2. The first-order valence-electron chi connectivity index (χ1n) is 7.55. The number of hydrogen-bond donors (Lipinski definition) is 1. The van der Waals surface area contributed by atoms with Crippen LogP contribution in [-0.4, -0.2) is 21.4 Å². The maximum Gasteiger partial charge on any atom is 0.114 e. The van der Waals surface area contributed by atoms with Gasteiger partial charge in [-0.15, -0.1) is 0 Å². The Morgan fingerprint density at radius 1 is 1.20 bits per heavy atom. The topological polar surface area (TPSA) is 56.9 Å². The minimum Gasteiger partial charge on any atom is -0.392 e. The molecule has 2 atom stereocenters. The van der Waals surface area contributed by atoms with Crippen LogP contribution in [0.3, 0.4) is 0 Å². The Balaban J connectivity index is 1.86. The van der Waals surface area contributed by atoms with Crippen LogP contribution in [0.1, 0.15) is 55.3 Å². The molecule has 1 aromatic heterocycles. The lowest BCUT2D eigenvalue weighted by Gasteiger charge is -2.27. The number of hydrogen-bond acceptors (Lipinski definition) is 4. The fraction of sp³-hybridized carbons (Fsp3) is 0.625. The third-order valence-corrected chi connectivity index (χ3v) is 5.70. The van der Waals surface area contributed by atoms with Crippen LogP contribution in [0.2, 0.25) is 0 Å². The maximum absolute atomic E-state index is 10.1. The predicted octanol–water partition coefficient (Wildman–Crippen LogP) is 3.23. The number of aromatic nitrogens is 1. The zero-order valence-electron chi connectivity index (χ0n) is 11.6. The second-order valence-corrected chi connectivity index (χ2v) is 7.00. The van der Waals surface area contributed by atoms with Crippen LogP contribution in [-0.2, 0) is 12.8 Å². The Hall–Kier alpha value is -1.05. The van der Waals surface area contributed by atoms with Gasteiger partial charge in [0, 0.05) is 10.9 Å². The summed E-state index contributed by atoms with van der Waals surface area (Å²) in [6, 6.07) is 4.31. The van der Waals surface area contributed by atoms with Crippen LogP contribution in [0.5, 0.6) is 0 Å². The normalized spacial score (nSPS) is 25.8. The highest BCUT2D eigenvalue weighted by Crippen LogP contribution is 2.35. The van der Waals surface area contributed by atoms with Crippen LogP contribution < -0.4 is 0 Å². The number of pyridine rings is 1. The van der Waals surface area contributed by atoms with E-state index in [1.807, 2.05) is 6.07 Å². The van der Waals surface area contributed by atoms with E-state index < -0.39 is 0 Å². The molecule has 0 unspecified atom stereocenters. The molecule has 2 aliphatic carbocycles. The molecular weight excluding hydrogens is 268 g/mol. The van der Waals surface area contributed by atoms with Crippen molar-refractivity contribution in [1.82, 2.24) is 4.98 Å². The van der Waals surface area contributed by atoms with E-state index in [0.29, 0.717) is 5.56 Å². The van der Waals surface area contributed by atoms with Gasteiger partial charge in [0.25, 0.3) is 0 Å². The lowest BCUT2D eigenvalue weighted by atomic mass is 9.95. The Labute approximate surface area is 124 Å². The van der Waals surface area contributed by atoms with Gasteiger partial charge in [-0.2, -0.15) is 5.26 Å². The molecule has 1 heterocycles. The molecule has 3 nitrogen and oxygen atoms in total. The van der Waals surface area contributed by atoms with Crippen molar-refractivity contribution in [2.45, 2.75) is 67.7 Å². The van der Waals surface area contributed by atoms with Gasteiger partial charge in [-0.3, -0.25) is 0 Å². The molecule has 20 heavy (non-hydrogen) atoms. The summed E-state index contributed by atoms with van der Waals surface area (Å²) in [5.41, 5.74) is 3.11. The lowest BCUT2D eigenvalue weighted by molar-refractivity contribution is 0.137. The van der Waals surface area contributed by atoms with Crippen LogP contribution in [0.4, 0.5) is 0 Å². The Morgan fingerprint density at radius 2 is 2.00 bits per heavy atom. The van der Waals surface area contributed by atoms with Crippen molar-refractivity contribution in [2.75, 3.05) is 0 Å². The number of aliphatic hydroxyl groups is 1.